The molecule has 5 nitrogen and oxygen atoms in total. The molecule has 0 aliphatic rings. The van der Waals surface area contributed by atoms with E-state index in [2.05, 4.69) is 10.1 Å². The number of carbonyl (C=O) groups excluding carboxylic acids is 1. The highest BCUT2D eigenvalue weighted by molar-refractivity contribution is 7.17. The maximum atomic E-state index is 11.9. The van der Waals surface area contributed by atoms with Crippen molar-refractivity contribution in [1.82, 2.24) is 14.6 Å². The molecule has 7 heteroatoms. The summed E-state index contributed by atoms with van der Waals surface area (Å²) in [6, 6.07) is 3.59. The predicted molar refractivity (Wildman–Crippen MR) is 73.8 cm³/mol. The summed E-state index contributed by atoms with van der Waals surface area (Å²) in [6.45, 7) is 3.81. The number of thiazole rings is 1. The van der Waals surface area contributed by atoms with E-state index in [0.29, 0.717) is 4.88 Å². The maximum Gasteiger partial charge on any atom is 0.348 e. The molecule has 1 atom stereocenters. The smallest absolute Gasteiger partial charge is 0.348 e. The first-order chi connectivity index (χ1) is 9.16. The minimum Gasteiger partial charge on any atom is -0.453 e. The highest BCUT2D eigenvalue weighted by Gasteiger charge is 2.20. The van der Waals surface area contributed by atoms with Crippen LogP contribution in [0.15, 0.2) is 23.8 Å². The minimum atomic E-state index is -0.303. The zero-order valence-corrected chi connectivity index (χ0v) is 12.0. The van der Waals surface area contributed by atoms with Crippen molar-refractivity contribution in [3.8, 4) is 0 Å². The summed E-state index contributed by atoms with van der Waals surface area (Å²) >= 11 is 2.87. The van der Waals surface area contributed by atoms with Gasteiger partial charge in [0.2, 0.25) is 4.96 Å². The predicted octanol–water partition coefficient (Wildman–Crippen LogP) is 3.08. The van der Waals surface area contributed by atoms with Crippen LogP contribution in [0.5, 0.6) is 0 Å². The SMILES string of the molecule is Cc1c(C(C)OC(=O)c2cccs2)sc2ncnn12. The third-order valence-corrected chi connectivity index (χ3v) is 4.93. The lowest BCUT2D eigenvalue weighted by molar-refractivity contribution is 0.0349. The highest BCUT2D eigenvalue weighted by atomic mass is 32.1. The van der Waals surface area contributed by atoms with Gasteiger partial charge in [-0.15, -0.1) is 11.3 Å². The first-order valence-corrected chi connectivity index (χ1v) is 7.40. The number of esters is 1. The normalized spacial score (nSPS) is 12.7. The molecule has 0 amide bonds. The summed E-state index contributed by atoms with van der Waals surface area (Å²) in [6.07, 6.45) is 1.22. The first-order valence-electron chi connectivity index (χ1n) is 5.70. The van der Waals surface area contributed by atoms with Gasteiger partial charge >= 0.3 is 5.97 Å². The standard InChI is InChI=1S/C12H11N3O2S2/c1-7-10(19-12-13-6-14-15(7)12)8(2)17-11(16)9-4-3-5-18-9/h3-6,8H,1-2H3. The molecule has 3 aromatic rings. The number of thiophene rings is 1. The Morgan fingerprint density at radius 1 is 1.53 bits per heavy atom. The van der Waals surface area contributed by atoms with Gasteiger partial charge in [0.15, 0.2) is 0 Å². The fourth-order valence-electron chi connectivity index (χ4n) is 1.85. The zero-order valence-electron chi connectivity index (χ0n) is 10.4. The average molecular weight is 293 g/mol. The minimum absolute atomic E-state index is 0.291. The van der Waals surface area contributed by atoms with Gasteiger partial charge in [-0.1, -0.05) is 17.4 Å². The molecule has 3 rings (SSSR count). The van der Waals surface area contributed by atoms with Gasteiger partial charge in [0.25, 0.3) is 0 Å². The fourth-order valence-corrected chi connectivity index (χ4v) is 3.47. The second-order valence-electron chi connectivity index (χ2n) is 4.03. The molecule has 19 heavy (non-hydrogen) atoms. The van der Waals surface area contributed by atoms with Crippen LogP contribution in [0.4, 0.5) is 0 Å². The van der Waals surface area contributed by atoms with Crippen LogP contribution < -0.4 is 0 Å². The third kappa shape index (κ3) is 2.15. The molecule has 98 valence electrons. The molecule has 0 bridgehead atoms. The van der Waals surface area contributed by atoms with Crippen LogP contribution in [-0.2, 0) is 4.74 Å². The Labute approximate surface area is 117 Å². The number of hydrogen-bond acceptors (Lipinski definition) is 6. The summed E-state index contributed by atoms with van der Waals surface area (Å²) in [7, 11) is 0. The van der Waals surface area contributed by atoms with Gasteiger partial charge in [-0.05, 0) is 25.3 Å². The molecule has 0 radical (unpaired) electrons. The second kappa shape index (κ2) is 4.75. The lowest BCUT2D eigenvalue weighted by Crippen LogP contribution is -2.08. The number of carbonyl (C=O) groups is 1. The Balaban J connectivity index is 1.83. The molecule has 0 fully saturated rings. The van der Waals surface area contributed by atoms with Crippen LogP contribution in [0.3, 0.4) is 0 Å². The van der Waals surface area contributed by atoms with E-state index in [1.165, 1.54) is 29.0 Å². The van der Waals surface area contributed by atoms with E-state index in [1.54, 1.807) is 10.6 Å². The zero-order chi connectivity index (χ0) is 13.4. The van der Waals surface area contributed by atoms with Crippen molar-refractivity contribution in [3.63, 3.8) is 0 Å². The van der Waals surface area contributed by atoms with E-state index in [9.17, 15) is 4.79 Å². The van der Waals surface area contributed by atoms with Crippen LogP contribution in [0, 0.1) is 6.92 Å². The van der Waals surface area contributed by atoms with E-state index in [1.807, 2.05) is 25.3 Å². The Morgan fingerprint density at radius 2 is 2.37 bits per heavy atom. The number of hydrogen-bond donors (Lipinski definition) is 0. The van der Waals surface area contributed by atoms with E-state index in [-0.39, 0.29) is 12.1 Å². The van der Waals surface area contributed by atoms with Crippen LogP contribution in [0.25, 0.3) is 4.96 Å². The quantitative estimate of drug-likeness (QED) is 0.696. The number of ether oxygens (including phenoxy) is 1. The molecule has 1 unspecified atom stereocenters. The van der Waals surface area contributed by atoms with Crippen molar-refractivity contribution >= 4 is 33.6 Å². The van der Waals surface area contributed by atoms with Crippen molar-refractivity contribution in [2.75, 3.05) is 0 Å². The molecular formula is C12H11N3O2S2. The number of aryl methyl sites for hydroxylation is 1. The number of rotatable bonds is 3. The van der Waals surface area contributed by atoms with E-state index in [4.69, 9.17) is 4.74 Å². The van der Waals surface area contributed by atoms with Crippen molar-refractivity contribution < 1.29 is 9.53 Å². The van der Waals surface area contributed by atoms with E-state index >= 15 is 0 Å². The first kappa shape index (κ1) is 12.3. The van der Waals surface area contributed by atoms with Crippen LogP contribution in [-0.4, -0.2) is 20.6 Å². The topological polar surface area (TPSA) is 56.5 Å². The molecule has 0 saturated heterocycles. The summed E-state index contributed by atoms with van der Waals surface area (Å²) in [5.74, 6) is -0.291. The molecular weight excluding hydrogens is 282 g/mol. The molecule has 0 N–H and O–H groups in total. The van der Waals surface area contributed by atoms with Crippen molar-refractivity contribution in [2.24, 2.45) is 0 Å². The maximum absolute atomic E-state index is 11.9. The lowest BCUT2D eigenvalue weighted by Gasteiger charge is -2.11. The van der Waals surface area contributed by atoms with Gasteiger partial charge in [-0.2, -0.15) is 5.10 Å². The summed E-state index contributed by atoms with van der Waals surface area (Å²) in [5.41, 5.74) is 0.962. The third-order valence-electron chi connectivity index (χ3n) is 2.77. The number of aromatic nitrogens is 3. The van der Waals surface area contributed by atoms with Gasteiger partial charge in [0.05, 0.1) is 10.6 Å². The van der Waals surface area contributed by atoms with Crippen molar-refractivity contribution in [1.29, 1.82) is 0 Å². The number of fused-ring (bicyclic) bond motifs is 1. The van der Waals surface area contributed by atoms with Gasteiger partial charge < -0.3 is 4.74 Å². The summed E-state index contributed by atoms with van der Waals surface area (Å²) in [5, 5.41) is 5.98. The van der Waals surface area contributed by atoms with Crippen molar-refractivity contribution in [3.05, 3.63) is 39.3 Å². The van der Waals surface area contributed by atoms with E-state index < -0.39 is 0 Å². The average Bonchev–Trinajstić information content (AvgIpc) is 3.07. The molecule has 0 aliphatic carbocycles. The largest absolute Gasteiger partial charge is 0.453 e. The molecule has 0 aliphatic heterocycles. The Hall–Kier alpha value is -1.73. The Morgan fingerprint density at radius 3 is 3.05 bits per heavy atom. The molecule has 0 aromatic carbocycles. The Kier molecular flexibility index (Phi) is 3.08. The molecule has 0 spiro atoms. The van der Waals surface area contributed by atoms with Crippen LogP contribution >= 0.6 is 22.7 Å². The molecule has 3 aromatic heterocycles. The number of nitrogens with zero attached hydrogens (tertiary/aromatic N) is 3. The monoisotopic (exact) mass is 293 g/mol. The van der Waals surface area contributed by atoms with Crippen LogP contribution in [0.2, 0.25) is 0 Å². The molecule has 0 saturated carbocycles. The highest BCUT2D eigenvalue weighted by Crippen LogP contribution is 2.30. The van der Waals surface area contributed by atoms with Gasteiger partial charge in [-0.3, -0.25) is 0 Å². The fraction of sp³-hybridized carbons (Fsp3) is 0.250. The molecule has 3 heterocycles. The van der Waals surface area contributed by atoms with Crippen LogP contribution in [0.1, 0.15) is 33.3 Å². The van der Waals surface area contributed by atoms with Gasteiger partial charge in [0.1, 0.15) is 17.3 Å². The summed E-state index contributed by atoms with van der Waals surface area (Å²) < 4.78 is 7.23. The van der Waals surface area contributed by atoms with Crippen molar-refractivity contribution in [2.45, 2.75) is 20.0 Å². The van der Waals surface area contributed by atoms with E-state index in [0.717, 1.165) is 15.5 Å². The lowest BCUT2D eigenvalue weighted by atomic mass is 10.3. The van der Waals surface area contributed by atoms with Gasteiger partial charge in [-0.25, -0.2) is 14.3 Å². The summed E-state index contributed by atoms with van der Waals surface area (Å²) in [4.78, 5) is 18.5. The Bertz CT molecular complexity index is 715. The van der Waals surface area contributed by atoms with Gasteiger partial charge in [0, 0.05) is 0 Å². The second-order valence-corrected chi connectivity index (χ2v) is 5.99.